The van der Waals surface area contributed by atoms with Gasteiger partial charge in [-0.2, -0.15) is 0 Å². The van der Waals surface area contributed by atoms with Crippen LogP contribution in [0.25, 0.3) is 5.69 Å². The van der Waals surface area contributed by atoms with Crippen LogP contribution in [0.3, 0.4) is 0 Å². The van der Waals surface area contributed by atoms with Gasteiger partial charge in [0.05, 0.1) is 5.75 Å². The third-order valence-corrected chi connectivity index (χ3v) is 3.04. The Bertz CT molecular complexity index is 524. The first-order valence-corrected chi connectivity index (χ1v) is 5.86. The Kier molecular flexibility index (Phi) is 3.43. The molecule has 0 radical (unpaired) electrons. The molecule has 17 heavy (non-hydrogen) atoms. The molecule has 0 aliphatic heterocycles. The molecule has 0 saturated heterocycles. The lowest BCUT2D eigenvalue weighted by atomic mass is 10.3. The Labute approximate surface area is 102 Å². The second kappa shape index (κ2) is 5.01. The van der Waals surface area contributed by atoms with Crippen LogP contribution in [0.15, 0.2) is 41.8 Å². The molecule has 1 heterocycles. The van der Waals surface area contributed by atoms with Gasteiger partial charge in [0.2, 0.25) is 5.91 Å². The highest BCUT2D eigenvalue weighted by Crippen LogP contribution is 2.20. The van der Waals surface area contributed by atoms with Gasteiger partial charge in [-0.25, -0.2) is 9.37 Å². The third-order valence-electron chi connectivity index (χ3n) is 2.06. The van der Waals surface area contributed by atoms with E-state index in [1.165, 1.54) is 23.9 Å². The number of benzene rings is 1. The predicted molar refractivity (Wildman–Crippen MR) is 63.4 cm³/mol. The van der Waals surface area contributed by atoms with E-state index < -0.39 is 5.91 Å². The first kappa shape index (κ1) is 11.7. The van der Waals surface area contributed by atoms with Gasteiger partial charge in [0, 0.05) is 18.1 Å². The van der Waals surface area contributed by atoms with Crippen molar-refractivity contribution in [3.63, 3.8) is 0 Å². The molecule has 2 N–H and O–H groups in total. The van der Waals surface area contributed by atoms with Crippen LogP contribution < -0.4 is 5.73 Å². The van der Waals surface area contributed by atoms with Crippen molar-refractivity contribution in [2.24, 2.45) is 5.73 Å². The highest BCUT2D eigenvalue weighted by atomic mass is 32.2. The molecule has 0 spiro atoms. The number of thioether (sulfide) groups is 1. The minimum absolute atomic E-state index is 0.165. The summed E-state index contributed by atoms with van der Waals surface area (Å²) in [5, 5.41) is 0.649. The lowest BCUT2D eigenvalue weighted by molar-refractivity contribution is -0.115. The number of nitrogens with two attached hydrogens (primary N) is 1. The van der Waals surface area contributed by atoms with Gasteiger partial charge in [-0.05, 0) is 24.3 Å². The van der Waals surface area contributed by atoms with E-state index in [2.05, 4.69) is 4.98 Å². The van der Waals surface area contributed by atoms with E-state index in [-0.39, 0.29) is 11.6 Å². The lowest BCUT2D eigenvalue weighted by Crippen LogP contribution is -2.13. The van der Waals surface area contributed by atoms with Gasteiger partial charge in [-0.1, -0.05) is 11.8 Å². The first-order chi connectivity index (χ1) is 8.16. The van der Waals surface area contributed by atoms with Crippen LogP contribution in [0, 0.1) is 5.82 Å². The molecule has 0 fully saturated rings. The van der Waals surface area contributed by atoms with E-state index in [1.807, 2.05) is 0 Å². The summed E-state index contributed by atoms with van der Waals surface area (Å²) in [5.41, 5.74) is 5.86. The molecule has 0 bridgehead atoms. The fourth-order valence-corrected chi connectivity index (χ4v) is 2.04. The molecular formula is C11H10FN3OS. The van der Waals surface area contributed by atoms with Crippen molar-refractivity contribution in [3.8, 4) is 5.69 Å². The zero-order valence-electron chi connectivity index (χ0n) is 8.84. The van der Waals surface area contributed by atoms with Crippen molar-refractivity contribution in [1.82, 2.24) is 9.55 Å². The summed E-state index contributed by atoms with van der Waals surface area (Å²) in [4.78, 5) is 14.8. The van der Waals surface area contributed by atoms with Crippen LogP contribution in [0.5, 0.6) is 0 Å². The van der Waals surface area contributed by atoms with Crippen LogP contribution in [0.2, 0.25) is 0 Å². The molecule has 1 aromatic carbocycles. The number of hydrogen-bond acceptors (Lipinski definition) is 3. The summed E-state index contributed by atoms with van der Waals surface area (Å²) in [6.07, 6.45) is 3.36. The summed E-state index contributed by atoms with van der Waals surface area (Å²) in [5.74, 6) is -0.526. The average molecular weight is 251 g/mol. The topological polar surface area (TPSA) is 60.9 Å². The van der Waals surface area contributed by atoms with Crippen LogP contribution in [-0.2, 0) is 4.79 Å². The number of carbonyl (C=O) groups is 1. The number of halogens is 1. The van der Waals surface area contributed by atoms with Crippen LogP contribution in [-0.4, -0.2) is 21.2 Å². The second-order valence-corrected chi connectivity index (χ2v) is 4.25. The monoisotopic (exact) mass is 251 g/mol. The molecule has 2 aromatic rings. The smallest absolute Gasteiger partial charge is 0.227 e. The van der Waals surface area contributed by atoms with E-state index >= 15 is 0 Å². The maximum atomic E-state index is 12.8. The molecule has 2 rings (SSSR count). The quantitative estimate of drug-likeness (QED) is 0.839. The van der Waals surface area contributed by atoms with Gasteiger partial charge >= 0.3 is 0 Å². The largest absolute Gasteiger partial charge is 0.369 e. The van der Waals surface area contributed by atoms with E-state index in [1.54, 1.807) is 29.1 Å². The summed E-state index contributed by atoms with van der Waals surface area (Å²) in [6, 6.07) is 6.03. The maximum Gasteiger partial charge on any atom is 0.227 e. The van der Waals surface area contributed by atoms with Gasteiger partial charge in [-0.15, -0.1) is 0 Å². The Morgan fingerprint density at radius 1 is 1.41 bits per heavy atom. The molecule has 0 aliphatic rings. The average Bonchev–Trinajstić information content (AvgIpc) is 2.75. The molecule has 88 valence electrons. The second-order valence-electron chi connectivity index (χ2n) is 3.31. The van der Waals surface area contributed by atoms with Crippen molar-refractivity contribution in [2.75, 3.05) is 5.75 Å². The SMILES string of the molecule is NC(=O)CSc1nccn1-c1ccc(F)cc1. The van der Waals surface area contributed by atoms with E-state index in [0.29, 0.717) is 5.16 Å². The maximum absolute atomic E-state index is 12.8. The standard InChI is InChI=1S/C11H10FN3OS/c12-8-1-3-9(4-2-8)15-6-5-14-11(15)17-7-10(13)16/h1-6H,7H2,(H2,13,16). The molecular weight excluding hydrogens is 241 g/mol. The van der Waals surface area contributed by atoms with Gasteiger partial charge in [0.1, 0.15) is 5.82 Å². The summed E-state index contributed by atoms with van der Waals surface area (Å²) in [7, 11) is 0. The molecule has 0 saturated carbocycles. The molecule has 0 atom stereocenters. The Morgan fingerprint density at radius 2 is 2.12 bits per heavy atom. The predicted octanol–water partition coefficient (Wildman–Crippen LogP) is 1.59. The molecule has 0 unspecified atom stereocenters. The number of aromatic nitrogens is 2. The van der Waals surface area contributed by atoms with E-state index in [0.717, 1.165) is 5.69 Å². The van der Waals surface area contributed by atoms with Gasteiger partial charge in [0.15, 0.2) is 5.16 Å². The third kappa shape index (κ3) is 2.85. The normalized spacial score (nSPS) is 10.4. The zero-order valence-corrected chi connectivity index (χ0v) is 9.65. The van der Waals surface area contributed by atoms with Crippen LogP contribution >= 0.6 is 11.8 Å². The summed E-state index contributed by atoms with van der Waals surface area (Å²) < 4.78 is 14.6. The fourth-order valence-electron chi connectivity index (χ4n) is 1.33. The number of primary amides is 1. The molecule has 0 aliphatic carbocycles. The number of hydrogen-bond donors (Lipinski definition) is 1. The minimum atomic E-state index is -0.399. The number of nitrogens with zero attached hydrogens (tertiary/aromatic N) is 2. The Balaban J connectivity index is 2.24. The van der Waals surface area contributed by atoms with Gasteiger partial charge < -0.3 is 5.73 Å². The lowest BCUT2D eigenvalue weighted by Gasteiger charge is -2.06. The van der Waals surface area contributed by atoms with Crippen molar-refractivity contribution in [2.45, 2.75) is 5.16 Å². The van der Waals surface area contributed by atoms with Gasteiger partial charge in [0.25, 0.3) is 0 Å². The first-order valence-electron chi connectivity index (χ1n) is 4.87. The fraction of sp³-hybridized carbons (Fsp3) is 0.0909. The minimum Gasteiger partial charge on any atom is -0.369 e. The highest BCUT2D eigenvalue weighted by molar-refractivity contribution is 7.99. The summed E-state index contributed by atoms with van der Waals surface area (Å²) in [6.45, 7) is 0. The number of carbonyl (C=O) groups excluding carboxylic acids is 1. The van der Waals surface area contributed by atoms with Crippen molar-refractivity contribution in [3.05, 3.63) is 42.5 Å². The molecule has 1 amide bonds. The van der Waals surface area contributed by atoms with Crippen LogP contribution in [0.4, 0.5) is 4.39 Å². The Morgan fingerprint density at radius 3 is 2.76 bits per heavy atom. The molecule has 1 aromatic heterocycles. The van der Waals surface area contributed by atoms with Crippen molar-refractivity contribution < 1.29 is 9.18 Å². The zero-order chi connectivity index (χ0) is 12.3. The molecule has 6 heteroatoms. The van der Waals surface area contributed by atoms with Crippen molar-refractivity contribution >= 4 is 17.7 Å². The number of amides is 1. The van der Waals surface area contributed by atoms with E-state index in [9.17, 15) is 9.18 Å². The number of rotatable bonds is 4. The summed E-state index contributed by atoms with van der Waals surface area (Å²) >= 11 is 1.24. The Hall–Kier alpha value is -1.82. The van der Waals surface area contributed by atoms with Gasteiger partial charge in [-0.3, -0.25) is 9.36 Å². The highest BCUT2D eigenvalue weighted by Gasteiger charge is 2.07. The van der Waals surface area contributed by atoms with Crippen molar-refractivity contribution in [1.29, 1.82) is 0 Å². The van der Waals surface area contributed by atoms with E-state index in [4.69, 9.17) is 5.73 Å². The van der Waals surface area contributed by atoms with Crippen LogP contribution in [0.1, 0.15) is 0 Å². The number of imidazole rings is 1. The molecule has 4 nitrogen and oxygen atoms in total.